The summed E-state index contributed by atoms with van der Waals surface area (Å²) in [5, 5.41) is 2.50. The van der Waals surface area contributed by atoms with Crippen molar-refractivity contribution in [2.45, 2.75) is 37.1 Å². The molecule has 1 aromatic heterocycles. The number of nitrogens with zero attached hydrogens (tertiary/aromatic N) is 2. The molecule has 2 heterocycles. The summed E-state index contributed by atoms with van der Waals surface area (Å²) in [4.78, 5) is 43.4. The van der Waals surface area contributed by atoms with Gasteiger partial charge in [0.1, 0.15) is 0 Å². The predicted octanol–water partition coefficient (Wildman–Crippen LogP) is 0.755. The summed E-state index contributed by atoms with van der Waals surface area (Å²) < 4.78 is 0. The van der Waals surface area contributed by atoms with E-state index in [2.05, 4.69) is 15.3 Å². The third kappa shape index (κ3) is 3.84. The number of hydrogen-bond acceptors (Lipinski definition) is 5. The van der Waals surface area contributed by atoms with E-state index in [-0.39, 0.29) is 17.5 Å². The van der Waals surface area contributed by atoms with Crippen molar-refractivity contribution in [2.24, 2.45) is 0 Å². The highest BCUT2D eigenvalue weighted by atomic mass is 32.2. The zero-order valence-electron chi connectivity index (χ0n) is 12.0. The SMILES string of the molecule is CCCc1cc(=O)[nH]c(S[C@H](C)C(=O)N2CCNC2=O)n1. The summed E-state index contributed by atoms with van der Waals surface area (Å²) in [5.74, 6) is -0.279. The first-order valence-corrected chi connectivity index (χ1v) is 7.75. The second-order valence-electron chi connectivity index (χ2n) is 4.77. The fourth-order valence-electron chi connectivity index (χ4n) is 2.04. The molecule has 1 saturated heterocycles. The van der Waals surface area contributed by atoms with Crippen LogP contribution in [0.5, 0.6) is 0 Å². The summed E-state index contributed by atoms with van der Waals surface area (Å²) in [6.45, 7) is 4.56. The molecule has 3 amide bonds. The highest BCUT2D eigenvalue weighted by Crippen LogP contribution is 2.21. The molecule has 2 N–H and O–H groups in total. The molecule has 114 valence electrons. The molecule has 0 aromatic carbocycles. The van der Waals surface area contributed by atoms with Gasteiger partial charge in [0.15, 0.2) is 5.16 Å². The van der Waals surface area contributed by atoms with Crippen LogP contribution in [0.25, 0.3) is 0 Å². The van der Waals surface area contributed by atoms with Crippen molar-refractivity contribution >= 4 is 23.7 Å². The number of urea groups is 1. The summed E-state index contributed by atoms with van der Waals surface area (Å²) in [6, 6.07) is 1.10. The van der Waals surface area contributed by atoms with Gasteiger partial charge in [0.2, 0.25) is 5.91 Å². The van der Waals surface area contributed by atoms with Gasteiger partial charge in [-0.15, -0.1) is 0 Å². The van der Waals surface area contributed by atoms with Crippen molar-refractivity contribution in [3.05, 3.63) is 22.1 Å². The Bertz CT molecular complexity index is 601. The molecule has 1 aliphatic rings. The number of carbonyl (C=O) groups excluding carboxylic acids is 2. The Hall–Kier alpha value is -1.83. The summed E-state index contributed by atoms with van der Waals surface area (Å²) in [6.07, 6.45) is 1.61. The van der Waals surface area contributed by atoms with Crippen molar-refractivity contribution in [3.63, 3.8) is 0 Å². The van der Waals surface area contributed by atoms with E-state index in [1.54, 1.807) is 6.92 Å². The quantitative estimate of drug-likeness (QED) is 0.618. The Morgan fingerprint density at radius 3 is 2.90 bits per heavy atom. The van der Waals surface area contributed by atoms with Gasteiger partial charge < -0.3 is 10.3 Å². The molecule has 1 aromatic rings. The zero-order chi connectivity index (χ0) is 15.4. The van der Waals surface area contributed by atoms with E-state index in [1.807, 2.05) is 6.92 Å². The molecule has 1 atom stereocenters. The predicted molar refractivity (Wildman–Crippen MR) is 79.3 cm³/mol. The van der Waals surface area contributed by atoms with Crippen LogP contribution in [-0.2, 0) is 11.2 Å². The molecular weight excluding hydrogens is 292 g/mol. The normalized spacial score (nSPS) is 15.9. The van der Waals surface area contributed by atoms with Crippen LogP contribution in [0.15, 0.2) is 16.0 Å². The Balaban J connectivity index is 2.08. The zero-order valence-corrected chi connectivity index (χ0v) is 12.8. The number of nitrogens with one attached hydrogen (secondary N) is 2. The van der Waals surface area contributed by atoms with Crippen LogP contribution < -0.4 is 10.9 Å². The molecule has 2 rings (SSSR count). The summed E-state index contributed by atoms with van der Waals surface area (Å²) in [7, 11) is 0. The van der Waals surface area contributed by atoms with Gasteiger partial charge in [-0.2, -0.15) is 0 Å². The Labute approximate surface area is 126 Å². The first-order valence-electron chi connectivity index (χ1n) is 6.87. The van der Waals surface area contributed by atoms with E-state index in [4.69, 9.17) is 0 Å². The number of amides is 3. The molecule has 0 saturated carbocycles. The lowest BCUT2D eigenvalue weighted by Crippen LogP contribution is -2.39. The Morgan fingerprint density at radius 1 is 1.52 bits per heavy atom. The Kier molecular flexibility index (Phi) is 5.00. The first kappa shape index (κ1) is 15.6. The lowest BCUT2D eigenvalue weighted by Gasteiger charge is -2.16. The lowest BCUT2D eigenvalue weighted by molar-refractivity contribution is -0.126. The molecule has 8 heteroatoms. The Morgan fingerprint density at radius 2 is 2.29 bits per heavy atom. The van der Waals surface area contributed by atoms with Crippen LogP contribution >= 0.6 is 11.8 Å². The van der Waals surface area contributed by atoms with Crippen molar-refractivity contribution in [1.29, 1.82) is 0 Å². The molecule has 0 unspecified atom stereocenters. The van der Waals surface area contributed by atoms with Gasteiger partial charge in [0.05, 0.1) is 5.25 Å². The average Bonchev–Trinajstić information content (AvgIpc) is 2.83. The smallest absolute Gasteiger partial charge is 0.324 e. The fourth-order valence-corrected chi connectivity index (χ4v) is 2.94. The van der Waals surface area contributed by atoms with Crippen molar-refractivity contribution in [2.75, 3.05) is 13.1 Å². The fraction of sp³-hybridized carbons (Fsp3) is 0.538. The molecule has 1 fully saturated rings. The highest BCUT2D eigenvalue weighted by molar-refractivity contribution is 8.00. The van der Waals surface area contributed by atoms with Crippen LogP contribution in [0.4, 0.5) is 4.79 Å². The second-order valence-corrected chi connectivity index (χ2v) is 6.10. The topological polar surface area (TPSA) is 95.2 Å². The number of aromatic nitrogens is 2. The van der Waals surface area contributed by atoms with Crippen molar-refractivity contribution in [3.8, 4) is 0 Å². The number of aryl methyl sites for hydroxylation is 1. The van der Waals surface area contributed by atoms with Crippen LogP contribution in [-0.4, -0.2) is 45.1 Å². The van der Waals surface area contributed by atoms with E-state index in [1.165, 1.54) is 11.0 Å². The average molecular weight is 310 g/mol. The number of carbonyl (C=O) groups is 2. The van der Waals surface area contributed by atoms with Crippen LogP contribution in [0.3, 0.4) is 0 Å². The molecule has 0 bridgehead atoms. The van der Waals surface area contributed by atoms with Crippen molar-refractivity contribution < 1.29 is 9.59 Å². The molecule has 0 aliphatic carbocycles. The number of hydrogen-bond donors (Lipinski definition) is 2. The van der Waals surface area contributed by atoms with E-state index in [0.717, 1.165) is 18.2 Å². The van der Waals surface area contributed by atoms with Crippen LogP contribution in [0, 0.1) is 0 Å². The van der Waals surface area contributed by atoms with Crippen LogP contribution in [0.2, 0.25) is 0 Å². The van der Waals surface area contributed by atoms with Crippen molar-refractivity contribution in [1.82, 2.24) is 20.2 Å². The van der Waals surface area contributed by atoms with E-state index in [9.17, 15) is 14.4 Å². The van der Waals surface area contributed by atoms with Crippen LogP contribution in [0.1, 0.15) is 26.0 Å². The third-order valence-electron chi connectivity index (χ3n) is 3.04. The molecular formula is C13H18N4O3S. The maximum Gasteiger partial charge on any atom is 0.324 e. The van der Waals surface area contributed by atoms with E-state index < -0.39 is 5.25 Å². The molecule has 21 heavy (non-hydrogen) atoms. The summed E-state index contributed by atoms with van der Waals surface area (Å²) in [5.41, 5.74) is 0.483. The molecule has 1 aliphatic heterocycles. The highest BCUT2D eigenvalue weighted by Gasteiger charge is 2.30. The number of rotatable bonds is 5. The van der Waals surface area contributed by atoms with Gasteiger partial charge in [0, 0.05) is 24.8 Å². The summed E-state index contributed by atoms with van der Waals surface area (Å²) >= 11 is 1.16. The minimum absolute atomic E-state index is 0.227. The van der Waals surface area contributed by atoms with Gasteiger partial charge in [-0.1, -0.05) is 25.1 Å². The number of imide groups is 1. The number of thioether (sulfide) groups is 1. The third-order valence-corrected chi connectivity index (χ3v) is 4.01. The van der Waals surface area contributed by atoms with Gasteiger partial charge in [-0.05, 0) is 13.3 Å². The largest absolute Gasteiger partial charge is 0.336 e. The molecule has 0 spiro atoms. The number of aromatic amines is 1. The maximum absolute atomic E-state index is 12.2. The monoisotopic (exact) mass is 310 g/mol. The van der Waals surface area contributed by atoms with Gasteiger partial charge in [0.25, 0.3) is 5.56 Å². The molecule has 7 nitrogen and oxygen atoms in total. The first-order chi connectivity index (χ1) is 10.0. The van der Waals surface area contributed by atoms with E-state index >= 15 is 0 Å². The standard InChI is InChI=1S/C13H18N4O3S/c1-3-4-9-7-10(18)16-12(15-9)21-8(2)11(19)17-6-5-14-13(17)20/h7-8H,3-6H2,1-2H3,(H,14,20)(H,15,16,18)/t8-/m1/s1. The molecule has 0 radical (unpaired) electrons. The minimum atomic E-state index is -0.492. The van der Waals surface area contributed by atoms with Gasteiger partial charge >= 0.3 is 6.03 Å². The van der Waals surface area contributed by atoms with E-state index in [0.29, 0.717) is 30.4 Å². The minimum Gasteiger partial charge on any atom is -0.336 e. The second kappa shape index (κ2) is 6.75. The maximum atomic E-state index is 12.2. The number of H-pyrrole nitrogens is 1. The van der Waals surface area contributed by atoms with Gasteiger partial charge in [-0.25, -0.2) is 9.78 Å². The lowest BCUT2D eigenvalue weighted by atomic mass is 10.2. The van der Waals surface area contributed by atoms with Gasteiger partial charge in [-0.3, -0.25) is 14.5 Å².